The highest BCUT2D eigenvalue weighted by Gasteiger charge is 2.34. The van der Waals surface area contributed by atoms with E-state index < -0.39 is 14.2 Å². The molecule has 3 heteroatoms. The summed E-state index contributed by atoms with van der Waals surface area (Å²) in [5.41, 5.74) is 3.40. The van der Waals surface area contributed by atoms with Gasteiger partial charge in [0.1, 0.15) is 14.2 Å². The Morgan fingerprint density at radius 1 is 1.31 bits per heavy atom. The molecule has 0 aromatic rings. The molecule has 16 heavy (non-hydrogen) atoms. The van der Waals surface area contributed by atoms with E-state index in [2.05, 4.69) is 45.3 Å². The first-order chi connectivity index (χ1) is 7.24. The smallest absolute Gasteiger partial charge is 0.143 e. The molecule has 1 aliphatic rings. The summed E-state index contributed by atoms with van der Waals surface area (Å²) in [6, 6.07) is 0. The Balaban J connectivity index is 2.72. The quantitative estimate of drug-likeness (QED) is 0.521. The Morgan fingerprint density at radius 3 is 2.44 bits per heavy atom. The zero-order valence-electron chi connectivity index (χ0n) is 11.1. The van der Waals surface area contributed by atoms with Crippen molar-refractivity contribution in [3.63, 3.8) is 0 Å². The summed E-state index contributed by atoms with van der Waals surface area (Å²) >= 11 is 0. The zero-order chi connectivity index (χ0) is 12.4. The molecule has 1 aliphatic heterocycles. The minimum absolute atomic E-state index is 0.261. The van der Waals surface area contributed by atoms with E-state index in [0.29, 0.717) is 0 Å². The van der Waals surface area contributed by atoms with Crippen LogP contribution in [0.25, 0.3) is 0 Å². The first kappa shape index (κ1) is 13.8. The number of aliphatic hydroxyl groups excluding tert-OH is 1. The SMILES string of the molecule is CC(C)(C)[Si](C)(C)C#C[C@H]1OCCC[C@@H]1O. The Bertz CT molecular complexity index is 293. The van der Waals surface area contributed by atoms with Crippen LogP contribution in [0, 0.1) is 11.5 Å². The van der Waals surface area contributed by atoms with Gasteiger partial charge in [-0.15, -0.1) is 5.54 Å². The average molecular weight is 240 g/mol. The van der Waals surface area contributed by atoms with Crippen molar-refractivity contribution in [1.82, 2.24) is 0 Å². The van der Waals surface area contributed by atoms with E-state index in [1.807, 2.05) is 0 Å². The number of ether oxygens (including phenoxy) is 1. The summed E-state index contributed by atoms with van der Waals surface area (Å²) in [6.45, 7) is 12.0. The van der Waals surface area contributed by atoms with E-state index in [-0.39, 0.29) is 11.1 Å². The molecular weight excluding hydrogens is 216 g/mol. The normalized spacial score (nSPS) is 27.1. The van der Waals surface area contributed by atoms with Gasteiger partial charge in [-0.25, -0.2) is 0 Å². The molecule has 0 spiro atoms. The van der Waals surface area contributed by atoms with Crippen LogP contribution in [0.5, 0.6) is 0 Å². The maximum absolute atomic E-state index is 9.76. The highest BCUT2D eigenvalue weighted by Crippen LogP contribution is 2.35. The molecule has 0 aromatic heterocycles. The van der Waals surface area contributed by atoms with E-state index in [0.717, 1.165) is 19.4 Å². The van der Waals surface area contributed by atoms with Crippen LogP contribution in [-0.4, -0.2) is 32.0 Å². The molecule has 1 N–H and O–H groups in total. The molecular formula is C13H24O2Si. The van der Waals surface area contributed by atoms with Crippen LogP contribution in [0.15, 0.2) is 0 Å². The topological polar surface area (TPSA) is 29.5 Å². The molecule has 0 aliphatic carbocycles. The molecule has 1 saturated heterocycles. The van der Waals surface area contributed by atoms with Crippen molar-refractivity contribution in [1.29, 1.82) is 0 Å². The molecule has 1 rings (SSSR count). The van der Waals surface area contributed by atoms with Crippen LogP contribution in [0.4, 0.5) is 0 Å². The summed E-state index contributed by atoms with van der Waals surface area (Å²) in [4.78, 5) is 0. The molecule has 1 fully saturated rings. The minimum atomic E-state index is -1.57. The van der Waals surface area contributed by atoms with Crippen molar-refractivity contribution in [2.75, 3.05) is 6.61 Å². The third kappa shape index (κ3) is 3.34. The average Bonchev–Trinajstić information content (AvgIpc) is 2.15. The van der Waals surface area contributed by atoms with Gasteiger partial charge in [-0.3, -0.25) is 0 Å². The minimum Gasteiger partial charge on any atom is -0.389 e. The van der Waals surface area contributed by atoms with Crippen LogP contribution in [-0.2, 0) is 4.74 Å². The standard InChI is InChI=1S/C13H24O2Si/c1-13(2,3)16(4,5)10-8-12-11(14)7-6-9-15-12/h11-12,14H,6-7,9H2,1-5H3/t11-,12+/m0/s1. The lowest BCUT2D eigenvalue weighted by molar-refractivity contribution is -0.0433. The molecule has 0 aromatic carbocycles. The molecule has 0 unspecified atom stereocenters. The zero-order valence-corrected chi connectivity index (χ0v) is 12.1. The van der Waals surface area contributed by atoms with Crippen LogP contribution in [0.1, 0.15) is 33.6 Å². The summed E-state index contributed by atoms with van der Waals surface area (Å²) < 4.78 is 5.50. The van der Waals surface area contributed by atoms with Crippen molar-refractivity contribution < 1.29 is 9.84 Å². The van der Waals surface area contributed by atoms with Crippen LogP contribution in [0.3, 0.4) is 0 Å². The van der Waals surface area contributed by atoms with Crippen molar-refractivity contribution >= 4 is 8.07 Å². The third-order valence-corrected chi connectivity index (χ3v) is 8.21. The van der Waals surface area contributed by atoms with Crippen LogP contribution >= 0.6 is 0 Å². The lowest BCUT2D eigenvalue weighted by atomic mass is 10.1. The lowest BCUT2D eigenvalue weighted by Gasteiger charge is -2.32. The third-order valence-electron chi connectivity index (χ3n) is 3.69. The molecule has 0 saturated carbocycles. The van der Waals surface area contributed by atoms with E-state index in [4.69, 9.17) is 4.74 Å². The molecule has 1 heterocycles. The van der Waals surface area contributed by atoms with Crippen molar-refractivity contribution in [2.24, 2.45) is 0 Å². The predicted octanol–water partition coefficient (Wildman–Crippen LogP) is 2.58. The van der Waals surface area contributed by atoms with Crippen molar-refractivity contribution in [3.05, 3.63) is 0 Å². The fourth-order valence-corrected chi connectivity index (χ4v) is 2.22. The number of aliphatic hydroxyl groups is 1. The molecule has 0 radical (unpaired) electrons. The van der Waals surface area contributed by atoms with Gasteiger partial charge in [-0.05, 0) is 17.9 Å². The van der Waals surface area contributed by atoms with Crippen molar-refractivity contribution in [3.8, 4) is 11.5 Å². The summed E-state index contributed by atoms with van der Waals surface area (Å²) in [7, 11) is -1.57. The molecule has 2 nitrogen and oxygen atoms in total. The summed E-state index contributed by atoms with van der Waals surface area (Å²) in [6.07, 6.45) is 1.10. The van der Waals surface area contributed by atoms with Gasteiger partial charge < -0.3 is 9.84 Å². The number of hydrogen-bond acceptors (Lipinski definition) is 2. The molecule has 0 bridgehead atoms. The second-order valence-corrected chi connectivity index (χ2v) is 11.1. The highest BCUT2D eigenvalue weighted by atomic mass is 28.3. The van der Waals surface area contributed by atoms with Crippen LogP contribution in [0.2, 0.25) is 18.1 Å². The first-order valence-electron chi connectivity index (χ1n) is 6.06. The van der Waals surface area contributed by atoms with E-state index >= 15 is 0 Å². The Morgan fingerprint density at radius 2 is 1.94 bits per heavy atom. The van der Waals surface area contributed by atoms with Gasteiger partial charge in [-0.1, -0.05) is 39.8 Å². The second-order valence-electron chi connectivity index (χ2n) is 6.15. The van der Waals surface area contributed by atoms with E-state index in [9.17, 15) is 5.11 Å². The van der Waals surface area contributed by atoms with Crippen molar-refractivity contribution in [2.45, 2.75) is 64.0 Å². The summed E-state index contributed by atoms with van der Waals surface area (Å²) in [5, 5.41) is 10.0. The lowest BCUT2D eigenvalue weighted by Crippen LogP contribution is -2.37. The van der Waals surface area contributed by atoms with Gasteiger partial charge >= 0.3 is 0 Å². The molecule has 92 valence electrons. The highest BCUT2D eigenvalue weighted by molar-refractivity contribution is 6.87. The predicted molar refractivity (Wildman–Crippen MR) is 70.0 cm³/mol. The van der Waals surface area contributed by atoms with E-state index in [1.54, 1.807) is 0 Å². The van der Waals surface area contributed by atoms with Crippen LogP contribution < -0.4 is 0 Å². The van der Waals surface area contributed by atoms with Gasteiger partial charge in [0.25, 0.3) is 0 Å². The first-order valence-corrected chi connectivity index (χ1v) is 9.06. The maximum Gasteiger partial charge on any atom is 0.143 e. The maximum atomic E-state index is 9.76. The largest absolute Gasteiger partial charge is 0.389 e. The fourth-order valence-electron chi connectivity index (χ4n) is 1.34. The van der Waals surface area contributed by atoms with Gasteiger partial charge in [0, 0.05) is 6.61 Å². The fraction of sp³-hybridized carbons (Fsp3) is 0.846. The second kappa shape index (κ2) is 4.91. The monoisotopic (exact) mass is 240 g/mol. The molecule has 0 amide bonds. The van der Waals surface area contributed by atoms with Gasteiger partial charge in [0.05, 0.1) is 6.10 Å². The Kier molecular flexibility index (Phi) is 4.22. The van der Waals surface area contributed by atoms with Gasteiger partial charge in [0.2, 0.25) is 0 Å². The summed E-state index contributed by atoms with van der Waals surface area (Å²) in [5.74, 6) is 3.16. The van der Waals surface area contributed by atoms with E-state index in [1.165, 1.54) is 0 Å². The number of rotatable bonds is 0. The number of hydrogen-bond donors (Lipinski definition) is 1. The Labute approximate surface area is 100 Å². The van der Waals surface area contributed by atoms with Gasteiger partial charge in [0.15, 0.2) is 0 Å². The Hall–Kier alpha value is -0.303. The molecule has 2 atom stereocenters. The van der Waals surface area contributed by atoms with Gasteiger partial charge in [-0.2, -0.15) is 0 Å².